The van der Waals surface area contributed by atoms with Gasteiger partial charge >= 0.3 is 0 Å². The van der Waals surface area contributed by atoms with Gasteiger partial charge in [0.25, 0.3) is 0 Å². The molecule has 144 valence electrons. The minimum Gasteiger partial charge on any atom is -0.485 e. The molecule has 0 atom stereocenters. The zero-order valence-electron chi connectivity index (χ0n) is 16.4. The Kier molecular flexibility index (Phi) is 6.20. The average Bonchev–Trinajstić information content (AvgIpc) is 2.78. The molecule has 1 aliphatic carbocycles. The number of carbonyl (C=O) groups is 1. The lowest BCUT2D eigenvalue weighted by atomic mass is 9.78. The Balaban J connectivity index is 1.78. The molecule has 0 N–H and O–H groups in total. The molecule has 0 radical (unpaired) electrons. The van der Waals surface area contributed by atoms with Gasteiger partial charge in [-0.1, -0.05) is 18.2 Å². The zero-order chi connectivity index (χ0) is 18.6. The highest BCUT2D eigenvalue weighted by Gasteiger charge is 2.42. The molecule has 1 amide bonds. The number of benzene rings is 1. The summed E-state index contributed by atoms with van der Waals surface area (Å²) in [5.74, 6) is 1.82. The summed E-state index contributed by atoms with van der Waals surface area (Å²) in [7, 11) is 5.92. The molecule has 26 heavy (non-hydrogen) atoms. The van der Waals surface area contributed by atoms with Gasteiger partial charge in [0.15, 0.2) is 0 Å². The van der Waals surface area contributed by atoms with Crippen LogP contribution in [-0.2, 0) is 16.1 Å². The highest BCUT2D eigenvalue weighted by molar-refractivity contribution is 5.76. The maximum Gasteiger partial charge on any atom is 0.225 e. The van der Waals surface area contributed by atoms with Crippen LogP contribution in [-0.4, -0.2) is 62.2 Å². The Morgan fingerprint density at radius 2 is 2.04 bits per heavy atom. The molecule has 5 heteroatoms. The van der Waals surface area contributed by atoms with Gasteiger partial charge in [-0.25, -0.2) is 0 Å². The fourth-order valence-corrected chi connectivity index (χ4v) is 4.30. The van der Waals surface area contributed by atoms with Crippen LogP contribution in [0.25, 0.3) is 0 Å². The predicted molar refractivity (Wildman–Crippen MR) is 102 cm³/mol. The summed E-state index contributed by atoms with van der Waals surface area (Å²) in [6.45, 7) is 2.90. The summed E-state index contributed by atoms with van der Waals surface area (Å²) in [6, 6.07) is 8.16. The molecule has 0 aromatic heterocycles. The molecule has 1 aromatic carbocycles. The number of fused-ring (bicyclic) bond motifs is 1. The largest absolute Gasteiger partial charge is 0.485 e. The number of nitrogens with zero attached hydrogens (tertiary/aromatic N) is 2. The van der Waals surface area contributed by atoms with Crippen LogP contribution in [0.15, 0.2) is 24.3 Å². The highest BCUT2D eigenvalue weighted by Crippen LogP contribution is 2.40. The molecule has 1 fully saturated rings. The van der Waals surface area contributed by atoms with Crippen molar-refractivity contribution in [3.05, 3.63) is 29.8 Å². The van der Waals surface area contributed by atoms with Crippen molar-refractivity contribution in [1.82, 2.24) is 9.80 Å². The van der Waals surface area contributed by atoms with Crippen molar-refractivity contribution in [3.8, 4) is 5.75 Å². The second-order valence-corrected chi connectivity index (χ2v) is 8.09. The van der Waals surface area contributed by atoms with Gasteiger partial charge in [-0.15, -0.1) is 0 Å². The topological polar surface area (TPSA) is 42.0 Å². The maximum atomic E-state index is 12.7. The number of amides is 1. The molecule has 1 aliphatic heterocycles. The van der Waals surface area contributed by atoms with E-state index in [0.29, 0.717) is 26.1 Å². The van der Waals surface area contributed by atoms with Crippen LogP contribution < -0.4 is 4.74 Å². The lowest BCUT2D eigenvalue weighted by Crippen LogP contribution is -2.50. The normalized spacial score (nSPS) is 25.7. The van der Waals surface area contributed by atoms with Crippen molar-refractivity contribution in [2.75, 3.05) is 40.9 Å². The number of methoxy groups -OCH3 is 1. The fraction of sp³-hybridized carbons (Fsp3) is 0.667. The van der Waals surface area contributed by atoms with Crippen LogP contribution in [0.1, 0.15) is 37.7 Å². The summed E-state index contributed by atoms with van der Waals surface area (Å²) in [5, 5.41) is 0. The molecule has 0 bridgehead atoms. The summed E-state index contributed by atoms with van der Waals surface area (Å²) in [5.41, 5.74) is 0.851. The summed E-state index contributed by atoms with van der Waals surface area (Å²) in [6.07, 6.45) is 4.75. The van der Waals surface area contributed by atoms with Crippen LogP contribution in [0.5, 0.6) is 5.75 Å². The number of para-hydroxylation sites is 1. The Hall–Kier alpha value is -1.59. The first-order valence-corrected chi connectivity index (χ1v) is 9.70. The van der Waals surface area contributed by atoms with E-state index in [2.05, 4.69) is 25.1 Å². The Labute approximate surface area is 157 Å². The Morgan fingerprint density at radius 3 is 2.73 bits per heavy atom. The van der Waals surface area contributed by atoms with E-state index in [1.807, 2.05) is 23.1 Å². The highest BCUT2D eigenvalue weighted by atomic mass is 16.5. The lowest BCUT2D eigenvalue weighted by Gasteiger charge is -2.42. The van der Waals surface area contributed by atoms with Crippen LogP contribution in [0.2, 0.25) is 0 Å². The third kappa shape index (κ3) is 4.57. The maximum absolute atomic E-state index is 12.7. The molecule has 0 unspecified atom stereocenters. The van der Waals surface area contributed by atoms with Crippen molar-refractivity contribution in [1.29, 1.82) is 0 Å². The SMILES string of the molecule is COCCC(=O)N1Cc2ccccc2OC2(CCC(CN(C)C)CC2)C1. The number of hydrogen-bond acceptors (Lipinski definition) is 4. The summed E-state index contributed by atoms with van der Waals surface area (Å²) >= 11 is 0. The second kappa shape index (κ2) is 8.40. The first-order chi connectivity index (χ1) is 12.5. The quantitative estimate of drug-likeness (QED) is 0.810. The van der Waals surface area contributed by atoms with Gasteiger partial charge in [0, 0.05) is 25.8 Å². The van der Waals surface area contributed by atoms with E-state index in [1.165, 1.54) is 0 Å². The number of rotatable bonds is 5. The Bertz CT molecular complexity index is 609. The van der Waals surface area contributed by atoms with E-state index in [4.69, 9.17) is 9.47 Å². The van der Waals surface area contributed by atoms with Crippen molar-refractivity contribution >= 4 is 5.91 Å². The van der Waals surface area contributed by atoms with E-state index in [1.54, 1.807) is 7.11 Å². The van der Waals surface area contributed by atoms with Gasteiger partial charge in [-0.05, 0) is 51.8 Å². The van der Waals surface area contributed by atoms with Crippen molar-refractivity contribution in [3.63, 3.8) is 0 Å². The van der Waals surface area contributed by atoms with Gasteiger partial charge < -0.3 is 19.3 Å². The van der Waals surface area contributed by atoms with Gasteiger partial charge in [-0.3, -0.25) is 4.79 Å². The summed E-state index contributed by atoms with van der Waals surface area (Å²) < 4.78 is 11.7. The second-order valence-electron chi connectivity index (χ2n) is 8.09. The monoisotopic (exact) mass is 360 g/mol. The van der Waals surface area contributed by atoms with Gasteiger partial charge in [-0.2, -0.15) is 0 Å². The van der Waals surface area contributed by atoms with E-state index in [9.17, 15) is 4.79 Å². The van der Waals surface area contributed by atoms with Crippen LogP contribution in [0.3, 0.4) is 0 Å². The molecule has 3 rings (SSSR count). The number of carbonyl (C=O) groups excluding carboxylic acids is 1. The molecule has 1 aromatic rings. The van der Waals surface area contributed by atoms with E-state index >= 15 is 0 Å². The molecular formula is C21H32N2O3. The molecular weight excluding hydrogens is 328 g/mol. The molecule has 0 saturated heterocycles. The Morgan fingerprint density at radius 1 is 1.31 bits per heavy atom. The van der Waals surface area contributed by atoms with Crippen LogP contribution in [0, 0.1) is 5.92 Å². The third-order valence-corrected chi connectivity index (χ3v) is 5.65. The lowest BCUT2D eigenvalue weighted by molar-refractivity contribution is -0.136. The number of hydrogen-bond donors (Lipinski definition) is 0. The van der Waals surface area contributed by atoms with E-state index < -0.39 is 0 Å². The first kappa shape index (κ1) is 19.2. The fourth-order valence-electron chi connectivity index (χ4n) is 4.30. The van der Waals surface area contributed by atoms with Crippen molar-refractivity contribution in [2.24, 2.45) is 5.92 Å². The smallest absolute Gasteiger partial charge is 0.225 e. The molecule has 1 heterocycles. The molecule has 1 spiro atoms. The number of ether oxygens (including phenoxy) is 2. The standard InChI is InChI=1S/C21H32N2O3/c1-22(2)14-17-8-11-21(12-9-17)16-23(20(24)10-13-25-3)15-18-6-4-5-7-19(18)26-21/h4-7,17H,8-16H2,1-3H3. The average molecular weight is 360 g/mol. The first-order valence-electron chi connectivity index (χ1n) is 9.70. The van der Waals surface area contributed by atoms with Crippen LogP contribution in [0.4, 0.5) is 0 Å². The molecule has 2 aliphatic rings. The van der Waals surface area contributed by atoms with Gasteiger partial charge in [0.2, 0.25) is 5.91 Å². The summed E-state index contributed by atoms with van der Waals surface area (Å²) in [4.78, 5) is 17.0. The minimum absolute atomic E-state index is 0.155. The molecule has 1 saturated carbocycles. The molecule has 5 nitrogen and oxygen atoms in total. The van der Waals surface area contributed by atoms with Gasteiger partial charge in [0.1, 0.15) is 11.4 Å². The van der Waals surface area contributed by atoms with Gasteiger partial charge in [0.05, 0.1) is 19.6 Å². The van der Waals surface area contributed by atoms with E-state index in [-0.39, 0.29) is 11.5 Å². The van der Waals surface area contributed by atoms with Crippen molar-refractivity contribution in [2.45, 2.75) is 44.2 Å². The van der Waals surface area contributed by atoms with Crippen LogP contribution >= 0.6 is 0 Å². The minimum atomic E-state index is -0.252. The zero-order valence-corrected chi connectivity index (χ0v) is 16.4. The van der Waals surface area contributed by atoms with E-state index in [0.717, 1.165) is 49.5 Å². The van der Waals surface area contributed by atoms with Crippen molar-refractivity contribution < 1.29 is 14.3 Å². The third-order valence-electron chi connectivity index (χ3n) is 5.65. The predicted octanol–water partition coefficient (Wildman–Crippen LogP) is 2.93.